The van der Waals surface area contributed by atoms with Gasteiger partial charge in [0.25, 0.3) is 0 Å². The van der Waals surface area contributed by atoms with Crippen molar-refractivity contribution < 1.29 is 8.42 Å². The van der Waals surface area contributed by atoms with Crippen molar-refractivity contribution in [1.82, 2.24) is 14.5 Å². The molecule has 2 rings (SSSR count). The fourth-order valence-electron chi connectivity index (χ4n) is 3.09. The summed E-state index contributed by atoms with van der Waals surface area (Å²) in [5, 5.41) is 3.69. The van der Waals surface area contributed by atoms with Gasteiger partial charge >= 0.3 is 0 Å². The van der Waals surface area contributed by atoms with Crippen LogP contribution < -0.4 is 5.32 Å². The molecule has 0 aromatic carbocycles. The fourth-order valence-corrected chi connectivity index (χ4v) is 4.63. The lowest BCUT2D eigenvalue weighted by molar-refractivity contribution is 0.271. The van der Waals surface area contributed by atoms with Gasteiger partial charge < -0.3 is 10.2 Å². The van der Waals surface area contributed by atoms with E-state index in [1.54, 1.807) is 4.31 Å². The molecule has 112 valence electrons. The van der Waals surface area contributed by atoms with E-state index in [0.29, 0.717) is 37.3 Å². The first-order valence-corrected chi connectivity index (χ1v) is 9.04. The second kappa shape index (κ2) is 6.52. The van der Waals surface area contributed by atoms with Crippen molar-refractivity contribution in [2.75, 3.05) is 39.0 Å². The third-order valence-electron chi connectivity index (χ3n) is 4.17. The largest absolute Gasteiger partial charge is 0.310 e. The van der Waals surface area contributed by atoms with Crippen LogP contribution in [0.3, 0.4) is 0 Å². The van der Waals surface area contributed by atoms with Gasteiger partial charge in [0.05, 0.1) is 5.75 Å². The maximum atomic E-state index is 12.0. The standard InChI is InChI=1S/C13H27N3O2S/c1-3-10-19(17,18)16-8-5-12(6-9-16)14-13-4-7-15(2)11-13/h12-14H,3-11H2,1-2H3. The van der Waals surface area contributed by atoms with Gasteiger partial charge in [-0.3, -0.25) is 0 Å². The number of likely N-dealkylation sites (N-methyl/N-ethyl adjacent to an activating group) is 1. The van der Waals surface area contributed by atoms with Crippen molar-refractivity contribution in [3.63, 3.8) is 0 Å². The molecule has 1 atom stereocenters. The van der Waals surface area contributed by atoms with Crippen LogP contribution in [0, 0.1) is 0 Å². The van der Waals surface area contributed by atoms with Crippen molar-refractivity contribution in [2.24, 2.45) is 0 Å². The number of piperidine rings is 1. The third-order valence-corrected chi connectivity index (χ3v) is 6.25. The van der Waals surface area contributed by atoms with E-state index in [2.05, 4.69) is 17.3 Å². The summed E-state index contributed by atoms with van der Waals surface area (Å²) < 4.78 is 25.6. The smallest absolute Gasteiger partial charge is 0.214 e. The molecule has 2 fully saturated rings. The first kappa shape index (κ1) is 15.2. The third kappa shape index (κ3) is 4.15. The van der Waals surface area contributed by atoms with Gasteiger partial charge in [-0.1, -0.05) is 6.92 Å². The van der Waals surface area contributed by atoms with Crippen LogP contribution in [0.4, 0.5) is 0 Å². The topological polar surface area (TPSA) is 52.7 Å². The predicted octanol–water partition coefficient (Wildman–Crippen LogP) is 0.484. The summed E-state index contributed by atoms with van der Waals surface area (Å²) in [4.78, 5) is 2.35. The number of nitrogens with zero attached hydrogens (tertiary/aromatic N) is 2. The molecular weight excluding hydrogens is 262 g/mol. The number of likely N-dealkylation sites (tertiary alicyclic amines) is 1. The summed E-state index contributed by atoms with van der Waals surface area (Å²) in [5.41, 5.74) is 0. The number of sulfonamides is 1. The Labute approximate surface area is 117 Å². The van der Waals surface area contributed by atoms with Crippen molar-refractivity contribution >= 4 is 10.0 Å². The minimum atomic E-state index is -3.00. The SMILES string of the molecule is CCCS(=O)(=O)N1CCC(NC2CCN(C)C2)CC1. The van der Waals surface area contributed by atoms with Crippen molar-refractivity contribution in [3.05, 3.63) is 0 Å². The molecule has 19 heavy (non-hydrogen) atoms. The van der Waals surface area contributed by atoms with Crippen LogP contribution >= 0.6 is 0 Å². The Kier molecular flexibility index (Phi) is 5.22. The molecular formula is C13H27N3O2S. The zero-order chi connectivity index (χ0) is 13.9. The van der Waals surface area contributed by atoms with E-state index in [9.17, 15) is 8.42 Å². The van der Waals surface area contributed by atoms with Crippen LogP contribution in [0.2, 0.25) is 0 Å². The Bertz CT molecular complexity index is 377. The fraction of sp³-hybridized carbons (Fsp3) is 1.00. The van der Waals surface area contributed by atoms with Gasteiger partial charge in [0.2, 0.25) is 10.0 Å². The zero-order valence-electron chi connectivity index (χ0n) is 12.1. The lowest BCUT2D eigenvalue weighted by atomic mass is 10.1. The van der Waals surface area contributed by atoms with Crippen LogP contribution in [0.1, 0.15) is 32.6 Å². The monoisotopic (exact) mass is 289 g/mol. The van der Waals surface area contributed by atoms with Gasteiger partial charge in [0.1, 0.15) is 0 Å². The van der Waals surface area contributed by atoms with E-state index in [1.807, 2.05) is 6.92 Å². The lowest BCUT2D eigenvalue weighted by Gasteiger charge is -2.33. The maximum absolute atomic E-state index is 12.0. The molecule has 1 N–H and O–H groups in total. The summed E-state index contributed by atoms with van der Waals surface area (Å²) in [6.45, 7) is 5.57. The molecule has 0 aromatic rings. The summed E-state index contributed by atoms with van der Waals surface area (Å²) in [7, 11) is -0.841. The van der Waals surface area contributed by atoms with Gasteiger partial charge in [-0.25, -0.2) is 12.7 Å². The molecule has 1 unspecified atom stereocenters. The molecule has 0 amide bonds. The van der Waals surface area contributed by atoms with Gasteiger partial charge in [-0.05, 0) is 39.3 Å². The molecule has 0 bridgehead atoms. The quantitative estimate of drug-likeness (QED) is 0.800. The minimum absolute atomic E-state index is 0.290. The highest BCUT2D eigenvalue weighted by Crippen LogP contribution is 2.17. The highest BCUT2D eigenvalue weighted by molar-refractivity contribution is 7.89. The maximum Gasteiger partial charge on any atom is 0.214 e. The van der Waals surface area contributed by atoms with Gasteiger partial charge in [0.15, 0.2) is 0 Å². The van der Waals surface area contributed by atoms with Crippen LogP contribution in [0.25, 0.3) is 0 Å². The molecule has 2 aliphatic rings. The second-order valence-corrected chi connectivity index (χ2v) is 7.99. The van der Waals surface area contributed by atoms with E-state index in [4.69, 9.17) is 0 Å². The molecule has 2 saturated heterocycles. The molecule has 0 radical (unpaired) electrons. The minimum Gasteiger partial charge on any atom is -0.310 e. The molecule has 2 heterocycles. The van der Waals surface area contributed by atoms with E-state index in [1.165, 1.54) is 13.0 Å². The van der Waals surface area contributed by atoms with Gasteiger partial charge in [-0.15, -0.1) is 0 Å². The predicted molar refractivity (Wildman–Crippen MR) is 77.7 cm³/mol. The van der Waals surface area contributed by atoms with Crippen LogP contribution in [0.5, 0.6) is 0 Å². The number of hydrogen-bond donors (Lipinski definition) is 1. The average Bonchev–Trinajstić information content (AvgIpc) is 2.75. The van der Waals surface area contributed by atoms with Gasteiger partial charge in [0, 0.05) is 31.7 Å². The summed E-state index contributed by atoms with van der Waals surface area (Å²) in [6, 6.07) is 1.08. The van der Waals surface area contributed by atoms with Crippen molar-refractivity contribution in [2.45, 2.75) is 44.7 Å². The summed E-state index contributed by atoms with van der Waals surface area (Å²) >= 11 is 0. The Balaban J connectivity index is 1.76. The van der Waals surface area contributed by atoms with E-state index >= 15 is 0 Å². The highest BCUT2D eigenvalue weighted by atomic mass is 32.2. The Morgan fingerprint density at radius 1 is 1.11 bits per heavy atom. The number of rotatable bonds is 5. The van der Waals surface area contributed by atoms with E-state index < -0.39 is 10.0 Å². The number of hydrogen-bond acceptors (Lipinski definition) is 4. The first-order chi connectivity index (χ1) is 9.01. The molecule has 0 spiro atoms. The average molecular weight is 289 g/mol. The Morgan fingerprint density at radius 3 is 2.26 bits per heavy atom. The van der Waals surface area contributed by atoms with Gasteiger partial charge in [-0.2, -0.15) is 0 Å². The Hall–Kier alpha value is -0.170. The normalized spacial score (nSPS) is 28.0. The second-order valence-electron chi connectivity index (χ2n) is 5.90. The van der Waals surface area contributed by atoms with Crippen molar-refractivity contribution in [3.8, 4) is 0 Å². The van der Waals surface area contributed by atoms with E-state index in [0.717, 1.165) is 19.4 Å². The summed E-state index contributed by atoms with van der Waals surface area (Å²) in [6.07, 6.45) is 3.81. The lowest BCUT2D eigenvalue weighted by Crippen LogP contribution is -2.48. The molecule has 2 aliphatic heterocycles. The van der Waals surface area contributed by atoms with Crippen LogP contribution in [-0.2, 0) is 10.0 Å². The first-order valence-electron chi connectivity index (χ1n) is 7.43. The Morgan fingerprint density at radius 2 is 1.74 bits per heavy atom. The number of nitrogens with one attached hydrogen (secondary N) is 1. The summed E-state index contributed by atoms with van der Waals surface area (Å²) in [5.74, 6) is 0.290. The molecule has 5 nitrogen and oxygen atoms in total. The molecule has 0 aliphatic carbocycles. The molecule has 0 aromatic heterocycles. The highest BCUT2D eigenvalue weighted by Gasteiger charge is 2.29. The van der Waals surface area contributed by atoms with Crippen molar-refractivity contribution in [1.29, 1.82) is 0 Å². The van der Waals surface area contributed by atoms with Crippen LogP contribution in [-0.4, -0.2) is 68.7 Å². The van der Waals surface area contributed by atoms with E-state index in [-0.39, 0.29) is 0 Å². The van der Waals surface area contributed by atoms with Crippen LogP contribution in [0.15, 0.2) is 0 Å². The zero-order valence-corrected chi connectivity index (χ0v) is 13.0. The molecule has 0 saturated carbocycles. The molecule has 6 heteroatoms.